The highest BCUT2D eigenvalue weighted by Crippen LogP contribution is 2.30. The molecule has 2 aromatic carbocycles. The maximum Gasteiger partial charge on any atom is 0.191 e. The highest BCUT2D eigenvalue weighted by atomic mass is 16.5. The van der Waals surface area contributed by atoms with Crippen LogP contribution in [-0.2, 0) is 16.0 Å². The van der Waals surface area contributed by atoms with Gasteiger partial charge in [0.1, 0.15) is 5.75 Å². The zero-order chi connectivity index (χ0) is 21.7. The van der Waals surface area contributed by atoms with Crippen LogP contribution in [0.5, 0.6) is 17.2 Å². The third-order valence-corrected chi connectivity index (χ3v) is 4.99. The second-order valence-electron chi connectivity index (χ2n) is 7.31. The van der Waals surface area contributed by atoms with E-state index < -0.39 is 0 Å². The predicted octanol–water partition coefficient (Wildman–Crippen LogP) is 3.74. The fourth-order valence-corrected chi connectivity index (χ4v) is 3.28. The zero-order valence-corrected chi connectivity index (χ0v) is 18.4. The maximum absolute atomic E-state index is 5.92. The van der Waals surface area contributed by atoms with E-state index in [-0.39, 0.29) is 6.10 Å². The van der Waals surface area contributed by atoms with Crippen LogP contribution in [0.3, 0.4) is 0 Å². The first-order chi connectivity index (χ1) is 15.3. The van der Waals surface area contributed by atoms with Gasteiger partial charge in [-0.15, -0.1) is 0 Å². The summed E-state index contributed by atoms with van der Waals surface area (Å²) in [7, 11) is 3.41. The highest BCUT2D eigenvalue weighted by Gasteiger charge is 2.14. The lowest BCUT2D eigenvalue weighted by Crippen LogP contribution is -2.37. The highest BCUT2D eigenvalue weighted by molar-refractivity contribution is 5.79. The molecule has 0 spiro atoms. The lowest BCUT2D eigenvalue weighted by molar-refractivity contribution is 0.0168. The molecule has 0 aliphatic carbocycles. The Morgan fingerprint density at radius 3 is 2.61 bits per heavy atom. The van der Waals surface area contributed by atoms with Crippen molar-refractivity contribution >= 4 is 5.96 Å². The molecular weight excluding hydrogens is 394 g/mol. The molecule has 0 amide bonds. The summed E-state index contributed by atoms with van der Waals surface area (Å²) in [5.41, 5.74) is 1.13. The molecule has 0 saturated carbocycles. The fourth-order valence-electron chi connectivity index (χ4n) is 3.28. The van der Waals surface area contributed by atoms with E-state index in [1.807, 2.05) is 48.5 Å². The van der Waals surface area contributed by atoms with Gasteiger partial charge in [0.05, 0.1) is 19.8 Å². The molecule has 168 valence electrons. The maximum atomic E-state index is 5.92. The minimum atomic E-state index is 0.286. The standard InChI is InChI=1S/C24H33N3O4/c1-25-24(26-14-6-15-29-18-21-7-5-16-30-21)27-17-19-10-12-20(13-11-19)31-23-9-4-3-8-22(23)28-2/h3-4,8-13,21H,5-7,14-18H2,1-2H3,(H2,25,26,27). The lowest BCUT2D eigenvalue weighted by Gasteiger charge is -2.13. The summed E-state index contributed by atoms with van der Waals surface area (Å²) in [6.45, 7) is 3.76. The molecule has 31 heavy (non-hydrogen) atoms. The number of nitrogens with one attached hydrogen (secondary N) is 2. The number of ether oxygens (including phenoxy) is 4. The number of methoxy groups -OCH3 is 1. The molecule has 1 saturated heterocycles. The van der Waals surface area contributed by atoms with Crippen molar-refractivity contribution in [1.82, 2.24) is 10.6 Å². The van der Waals surface area contributed by atoms with Crippen molar-refractivity contribution in [2.24, 2.45) is 4.99 Å². The predicted molar refractivity (Wildman–Crippen MR) is 122 cm³/mol. The Morgan fingerprint density at radius 1 is 1.10 bits per heavy atom. The van der Waals surface area contributed by atoms with Gasteiger partial charge in [0.25, 0.3) is 0 Å². The molecule has 1 unspecified atom stereocenters. The topological polar surface area (TPSA) is 73.3 Å². The Bertz CT molecular complexity index is 805. The average molecular weight is 428 g/mol. The first kappa shape index (κ1) is 22.9. The van der Waals surface area contributed by atoms with Crippen LogP contribution in [0.2, 0.25) is 0 Å². The largest absolute Gasteiger partial charge is 0.493 e. The van der Waals surface area contributed by atoms with Gasteiger partial charge in [-0.1, -0.05) is 24.3 Å². The molecule has 1 aliphatic rings. The van der Waals surface area contributed by atoms with Gasteiger partial charge in [-0.05, 0) is 49.1 Å². The molecule has 0 bridgehead atoms. The van der Waals surface area contributed by atoms with Crippen molar-refractivity contribution in [3.8, 4) is 17.2 Å². The van der Waals surface area contributed by atoms with E-state index in [4.69, 9.17) is 18.9 Å². The smallest absolute Gasteiger partial charge is 0.191 e. The van der Waals surface area contributed by atoms with E-state index in [9.17, 15) is 0 Å². The van der Waals surface area contributed by atoms with Gasteiger partial charge in [-0.2, -0.15) is 0 Å². The number of hydrogen-bond donors (Lipinski definition) is 2. The van der Waals surface area contributed by atoms with Crippen LogP contribution >= 0.6 is 0 Å². The molecule has 1 heterocycles. The van der Waals surface area contributed by atoms with E-state index in [0.717, 1.165) is 56.3 Å². The summed E-state index contributed by atoms with van der Waals surface area (Å²) in [5.74, 6) is 2.94. The van der Waals surface area contributed by atoms with Crippen molar-refractivity contribution in [3.05, 3.63) is 54.1 Å². The van der Waals surface area contributed by atoms with Crippen LogP contribution in [0.15, 0.2) is 53.5 Å². The van der Waals surface area contributed by atoms with Crippen molar-refractivity contribution in [1.29, 1.82) is 0 Å². The van der Waals surface area contributed by atoms with Crippen LogP contribution in [0, 0.1) is 0 Å². The van der Waals surface area contributed by atoms with Gasteiger partial charge in [0.2, 0.25) is 0 Å². The van der Waals surface area contributed by atoms with Gasteiger partial charge >= 0.3 is 0 Å². The summed E-state index contributed by atoms with van der Waals surface area (Å²) >= 11 is 0. The van der Waals surface area contributed by atoms with Crippen LogP contribution in [-0.4, -0.2) is 52.6 Å². The zero-order valence-electron chi connectivity index (χ0n) is 18.4. The van der Waals surface area contributed by atoms with Gasteiger partial charge < -0.3 is 29.6 Å². The van der Waals surface area contributed by atoms with Crippen molar-refractivity contribution in [3.63, 3.8) is 0 Å². The van der Waals surface area contributed by atoms with Gasteiger partial charge in [0.15, 0.2) is 17.5 Å². The first-order valence-electron chi connectivity index (χ1n) is 10.8. The third kappa shape index (κ3) is 7.77. The Hall–Kier alpha value is -2.77. The molecule has 1 fully saturated rings. The Balaban J connectivity index is 1.34. The summed E-state index contributed by atoms with van der Waals surface area (Å²) in [6, 6.07) is 15.6. The lowest BCUT2D eigenvalue weighted by atomic mass is 10.2. The Morgan fingerprint density at radius 2 is 1.90 bits per heavy atom. The van der Waals surface area contributed by atoms with Gasteiger partial charge in [-0.3, -0.25) is 4.99 Å². The number of hydrogen-bond acceptors (Lipinski definition) is 5. The average Bonchev–Trinajstić information content (AvgIpc) is 3.33. The molecule has 2 N–H and O–H groups in total. The molecular formula is C24H33N3O4. The normalized spacial score (nSPS) is 16.2. The first-order valence-corrected chi connectivity index (χ1v) is 10.8. The summed E-state index contributed by atoms with van der Waals surface area (Å²) in [5, 5.41) is 6.64. The monoisotopic (exact) mass is 427 g/mol. The van der Waals surface area contributed by atoms with Crippen LogP contribution in [0.1, 0.15) is 24.8 Å². The van der Waals surface area contributed by atoms with E-state index >= 15 is 0 Å². The number of aliphatic imine (C=N–C) groups is 1. The third-order valence-electron chi connectivity index (χ3n) is 4.99. The number of guanidine groups is 1. The van der Waals surface area contributed by atoms with Crippen LogP contribution < -0.4 is 20.1 Å². The molecule has 1 atom stereocenters. The van der Waals surface area contributed by atoms with E-state index in [1.165, 1.54) is 0 Å². The summed E-state index contributed by atoms with van der Waals surface area (Å²) in [4.78, 5) is 4.27. The van der Waals surface area contributed by atoms with Crippen LogP contribution in [0.4, 0.5) is 0 Å². The number of benzene rings is 2. The minimum absolute atomic E-state index is 0.286. The van der Waals surface area contributed by atoms with Crippen molar-refractivity contribution in [2.45, 2.75) is 31.9 Å². The van der Waals surface area contributed by atoms with E-state index in [2.05, 4.69) is 15.6 Å². The Labute approximate surface area is 184 Å². The van der Waals surface area contributed by atoms with Gasteiger partial charge in [-0.25, -0.2) is 0 Å². The summed E-state index contributed by atoms with van der Waals surface area (Å²) < 4.78 is 22.5. The quantitative estimate of drug-likeness (QED) is 0.323. The van der Waals surface area contributed by atoms with E-state index in [0.29, 0.717) is 24.7 Å². The van der Waals surface area contributed by atoms with Crippen molar-refractivity contribution in [2.75, 3.05) is 40.5 Å². The SMILES string of the molecule is CN=C(NCCCOCC1CCCO1)NCc1ccc(Oc2ccccc2OC)cc1. The molecule has 3 rings (SSSR count). The second kappa shape index (κ2) is 12.8. The summed E-state index contributed by atoms with van der Waals surface area (Å²) in [6.07, 6.45) is 3.47. The molecule has 0 radical (unpaired) electrons. The van der Waals surface area contributed by atoms with Crippen LogP contribution in [0.25, 0.3) is 0 Å². The van der Waals surface area contributed by atoms with Crippen molar-refractivity contribution < 1.29 is 18.9 Å². The fraction of sp³-hybridized carbons (Fsp3) is 0.458. The number of nitrogens with zero attached hydrogens (tertiary/aromatic N) is 1. The molecule has 1 aliphatic heterocycles. The number of rotatable bonds is 11. The second-order valence-corrected chi connectivity index (χ2v) is 7.31. The molecule has 2 aromatic rings. The molecule has 0 aromatic heterocycles. The van der Waals surface area contributed by atoms with Gasteiger partial charge in [0, 0.05) is 33.4 Å². The Kier molecular flexibility index (Phi) is 9.47. The molecule has 7 heteroatoms. The van der Waals surface area contributed by atoms with E-state index in [1.54, 1.807) is 14.2 Å². The molecule has 7 nitrogen and oxygen atoms in total. The number of para-hydroxylation sites is 2. The minimum Gasteiger partial charge on any atom is -0.493 e.